The van der Waals surface area contributed by atoms with Crippen molar-refractivity contribution >= 4 is 11.3 Å². The van der Waals surface area contributed by atoms with Crippen molar-refractivity contribution < 1.29 is 0 Å². The molecule has 0 unspecified atom stereocenters. The standard InChI is InChI=1S/C13H18N2/c1-10-3-4-12(14)9-13(10)11-5-7-15(2)8-6-11/h3-5,9H,6-8,14H2,1-2H3. The maximum absolute atomic E-state index is 5.82. The fourth-order valence-corrected chi connectivity index (χ4v) is 2.00. The summed E-state index contributed by atoms with van der Waals surface area (Å²) in [7, 11) is 2.15. The largest absolute Gasteiger partial charge is 0.399 e. The van der Waals surface area contributed by atoms with Crippen molar-refractivity contribution in [3.8, 4) is 0 Å². The van der Waals surface area contributed by atoms with Crippen molar-refractivity contribution in [1.29, 1.82) is 0 Å². The number of aryl methyl sites for hydroxylation is 1. The summed E-state index contributed by atoms with van der Waals surface area (Å²) in [5.74, 6) is 0. The number of hydrogen-bond donors (Lipinski definition) is 1. The molecule has 0 fully saturated rings. The quantitative estimate of drug-likeness (QED) is 0.708. The zero-order valence-corrected chi connectivity index (χ0v) is 9.46. The number of nitrogens with two attached hydrogens (primary N) is 1. The first-order chi connectivity index (χ1) is 7.16. The van der Waals surface area contributed by atoms with Crippen LogP contribution in [0.4, 0.5) is 5.69 Å². The highest BCUT2D eigenvalue weighted by atomic mass is 15.1. The Morgan fingerprint density at radius 3 is 2.80 bits per heavy atom. The van der Waals surface area contributed by atoms with Crippen LogP contribution in [-0.2, 0) is 0 Å². The first-order valence-electron chi connectivity index (χ1n) is 5.41. The molecule has 0 saturated heterocycles. The number of nitrogen functional groups attached to an aromatic ring is 1. The minimum atomic E-state index is 0.857. The van der Waals surface area contributed by atoms with E-state index < -0.39 is 0 Å². The molecule has 0 atom stereocenters. The van der Waals surface area contributed by atoms with Crippen molar-refractivity contribution in [2.45, 2.75) is 13.3 Å². The maximum atomic E-state index is 5.82. The van der Waals surface area contributed by atoms with Crippen molar-refractivity contribution in [3.05, 3.63) is 35.4 Å². The van der Waals surface area contributed by atoms with Crippen LogP contribution in [0.15, 0.2) is 24.3 Å². The van der Waals surface area contributed by atoms with Gasteiger partial charge in [0.1, 0.15) is 0 Å². The molecule has 0 amide bonds. The van der Waals surface area contributed by atoms with Gasteiger partial charge in [0.2, 0.25) is 0 Å². The molecule has 15 heavy (non-hydrogen) atoms. The van der Waals surface area contributed by atoms with Gasteiger partial charge in [0.25, 0.3) is 0 Å². The Kier molecular flexibility index (Phi) is 2.78. The topological polar surface area (TPSA) is 29.3 Å². The Bertz CT molecular complexity index is 394. The molecule has 2 nitrogen and oxygen atoms in total. The van der Waals surface area contributed by atoms with E-state index in [1.165, 1.54) is 16.7 Å². The number of benzene rings is 1. The number of rotatable bonds is 1. The van der Waals surface area contributed by atoms with Crippen LogP contribution >= 0.6 is 0 Å². The lowest BCUT2D eigenvalue weighted by atomic mass is 9.95. The highest BCUT2D eigenvalue weighted by Gasteiger charge is 2.11. The lowest BCUT2D eigenvalue weighted by molar-refractivity contribution is 0.370. The third kappa shape index (κ3) is 2.21. The average Bonchev–Trinajstić information content (AvgIpc) is 2.23. The van der Waals surface area contributed by atoms with Crippen LogP contribution in [0, 0.1) is 6.92 Å². The van der Waals surface area contributed by atoms with Crippen LogP contribution in [0.5, 0.6) is 0 Å². The van der Waals surface area contributed by atoms with E-state index >= 15 is 0 Å². The van der Waals surface area contributed by atoms with Crippen molar-refractivity contribution in [2.24, 2.45) is 0 Å². The molecule has 0 aliphatic carbocycles. The van der Waals surface area contributed by atoms with E-state index in [4.69, 9.17) is 5.73 Å². The molecule has 1 aromatic carbocycles. The van der Waals surface area contributed by atoms with Gasteiger partial charge in [0.15, 0.2) is 0 Å². The van der Waals surface area contributed by atoms with E-state index in [9.17, 15) is 0 Å². The highest BCUT2D eigenvalue weighted by molar-refractivity contribution is 5.71. The monoisotopic (exact) mass is 202 g/mol. The Labute approximate surface area is 91.4 Å². The van der Waals surface area contributed by atoms with Gasteiger partial charge in [-0.3, -0.25) is 0 Å². The van der Waals surface area contributed by atoms with Gasteiger partial charge in [-0.2, -0.15) is 0 Å². The molecule has 0 spiro atoms. The van der Waals surface area contributed by atoms with Gasteiger partial charge < -0.3 is 10.6 Å². The van der Waals surface area contributed by atoms with Crippen molar-refractivity contribution in [2.75, 3.05) is 25.9 Å². The van der Waals surface area contributed by atoms with Crippen LogP contribution in [0.1, 0.15) is 17.5 Å². The Morgan fingerprint density at radius 1 is 1.33 bits per heavy atom. The molecule has 80 valence electrons. The first kappa shape index (κ1) is 10.2. The summed E-state index contributed by atoms with van der Waals surface area (Å²) in [4.78, 5) is 2.32. The Morgan fingerprint density at radius 2 is 2.13 bits per heavy atom. The molecule has 0 aromatic heterocycles. The third-order valence-electron chi connectivity index (χ3n) is 3.02. The van der Waals surface area contributed by atoms with Crippen molar-refractivity contribution in [1.82, 2.24) is 4.90 Å². The second kappa shape index (κ2) is 4.07. The van der Waals surface area contributed by atoms with Gasteiger partial charge in [-0.1, -0.05) is 12.1 Å². The van der Waals surface area contributed by atoms with E-state index in [0.717, 1.165) is 25.2 Å². The van der Waals surface area contributed by atoms with E-state index in [0.29, 0.717) is 0 Å². The van der Waals surface area contributed by atoms with E-state index in [1.54, 1.807) is 0 Å². The molecule has 1 heterocycles. The van der Waals surface area contributed by atoms with Crippen LogP contribution in [0.2, 0.25) is 0 Å². The fourth-order valence-electron chi connectivity index (χ4n) is 2.00. The van der Waals surface area contributed by atoms with Crippen LogP contribution in [-0.4, -0.2) is 25.0 Å². The summed E-state index contributed by atoms with van der Waals surface area (Å²) in [5.41, 5.74) is 10.8. The van der Waals surface area contributed by atoms with Gasteiger partial charge >= 0.3 is 0 Å². The SMILES string of the molecule is Cc1ccc(N)cc1C1=CCN(C)CC1. The first-order valence-corrected chi connectivity index (χ1v) is 5.41. The van der Waals surface area contributed by atoms with Crippen molar-refractivity contribution in [3.63, 3.8) is 0 Å². The van der Waals surface area contributed by atoms with Gasteiger partial charge in [-0.15, -0.1) is 0 Å². The maximum Gasteiger partial charge on any atom is 0.0320 e. The molecule has 2 N–H and O–H groups in total. The molecule has 1 aliphatic heterocycles. The predicted octanol–water partition coefficient (Wildman–Crippen LogP) is 2.30. The molecule has 0 radical (unpaired) electrons. The number of anilines is 1. The second-order valence-electron chi connectivity index (χ2n) is 4.32. The third-order valence-corrected chi connectivity index (χ3v) is 3.02. The normalized spacial score (nSPS) is 17.6. The molecule has 1 aliphatic rings. The highest BCUT2D eigenvalue weighted by Crippen LogP contribution is 2.26. The lowest BCUT2D eigenvalue weighted by Crippen LogP contribution is -2.23. The van der Waals surface area contributed by atoms with Gasteiger partial charge in [0, 0.05) is 18.8 Å². The van der Waals surface area contributed by atoms with E-state index in [2.05, 4.69) is 37.1 Å². The molecular formula is C13H18N2. The Hall–Kier alpha value is -1.28. The summed E-state index contributed by atoms with van der Waals surface area (Å²) in [6.07, 6.45) is 3.44. The van der Waals surface area contributed by atoms with E-state index in [1.807, 2.05) is 6.07 Å². The molecule has 0 bridgehead atoms. The Balaban J connectivity index is 2.33. The van der Waals surface area contributed by atoms with Gasteiger partial charge in [-0.25, -0.2) is 0 Å². The lowest BCUT2D eigenvalue weighted by Gasteiger charge is -2.23. The predicted molar refractivity (Wildman–Crippen MR) is 65.7 cm³/mol. The summed E-state index contributed by atoms with van der Waals surface area (Å²) >= 11 is 0. The molecule has 2 rings (SSSR count). The number of hydrogen-bond acceptors (Lipinski definition) is 2. The summed E-state index contributed by atoms with van der Waals surface area (Å²) in [5, 5.41) is 0. The molecular weight excluding hydrogens is 184 g/mol. The van der Waals surface area contributed by atoms with Crippen LogP contribution in [0.25, 0.3) is 5.57 Å². The zero-order chi connectivity index (χ0) is 10.8. The number of nitrogens with zero attached hydrogens (tertiary/aromatic N) is 1. The average molecular weight is 202 g/mol. The molecule has 1 aromatic rings. The summed E-state index contributed by atoms with van der Waals surface area (Å²) < 4.78 is 0. The molecule has 0 saturated carbocycles. The molecule has 2 heteroatoms. The summed E-state index contributed by atoms with van der Waals surface area (Å²) in [6, 6.07) is 6.16. The van der Waals surface area contributed by atoms with Gasteiger partial charge in [-0.05, 0) is 49.2 Å². The summed E-state index contributed by atoms with van der Waals surface area (Å²) in [6.45, 7) is 4.33. The smallest absolute Gasteiger partial charge is 0.0320 e. The van der Waals surface area contributed by atoms with Crippen LogP contribution in [0.3, 0.4) is 0 Å². The second-order valence-corrected chi connectivity index (χ2v) is 4.32. The van der Waals surface area contributed by atoms with Gasteiger partial charge in [0.05, 0.1) is 0 Å². The minimum absolute atomic E-state index is 0.857. The minimum Gasteiger partial charge on any atom is -0.399 e. The zero-order valence-electron chi connectivity index (χ0n) is 9.46. The van der Waals surface area contributed by atoms with E-state index in [-0.39, 0.29) is 0 Å². The number of likely N-dealkylation sites (N-methyl/N-ethyl adjacent to an activating group) is 1. The fraction of sp³-hybridized carbons (Fsp3) is 0.385. The van der Waals surface area contributed by atoms with Crippen LogP contribution < -0.4 is 5.73 Å².